The lowest BCUT2D eigenvalue weighted by molar-refractivity contribution is -0.139. The van der Waals surface area contributed by atoms with Crippen molar-refractivity contribution in [3.63, 3.8) is 0 Å². The van der Waals surface area contributed by atoms with Crippen molar-refractivity contribution in [3.05, 3.63) is 0 Å². The maximum atomic E-state index is 12.2. The Morgan fingerprint density at radius 3 is 2.80 bits per heavy atom. The molecule has 7 heteroatoms. The molecule has 0 unspecified atom stereocenters. The standard InChI is InChI=1S/C13H22N3O3S/c1-9(14)13(19)16-6-3-4-11(16)12(18)15-10(8-17)5-7-20-2/h9-11H,3-7,14H2,1-2H3,(H,15,18)/t9-,10-,11-/m0/s1. The molecule has 6 nitrogen and oxygen atoms in total. The van der Waals surface area contributed by atoms with Crippen LogP contribution in [0.15, 0.2) is 0 Å². The van der Waals surface area contributed by atoms with Crippen molar-refractivity contribution in [2.24, 2.45) is 5.73 Å². The summed E-state index contributed by atoms with van der Waals surface area (Å²) in [6.07, 6.45) is 5.70. The molecule has 1 aliphatic rings. The second-order valence-corrected chi connectivity index (χ2v) is 5.92. The summed E-state index contributed by atoms with van der Waals surface area (Å²) in [5, 5.41) is 2.66. The number of likely N-dealkylation sites (tertiary alicyclic amines) is 1. The zero-order valence-corrected chi connectivity index (χ0v) is 12.7. The first kappa shape index (κ1) is 17.0. The van der Waals surface area contributed by atoms with Crippen molar-refractivity contribution in [1.82, 2.24) is 10.2 Å². The highest BCUT2D eigenvalue weighted by molar-refractivity contribution is 7.98. The molecule has 1 heterocycles. The SMILES string of the molecule is CSCC[C@@H]([C]=O)NC(=O)[C@@H]1CCCN1C(=O)[C@H](C)N. The largest absolute Gasteiger partial charge is 0.344 e. The highest BCUT2D eigenvalue weighted by Crippen LogP contribution is 2.18. The van der Waals surface area contributed by atoms with Crippen molar-refractivity contribution in [2.45, 2.75) is 44.3 Å². The fraction of sp³-hybridized carbons (Fsp3) is 0.769. The van der Waals surface area contributed by atoms with Crippen LogP contribution in [0.2, 0.25) is 0 Å². The molecule has 0 aromatic heterocycles. The molecule has 0 bridgehead atoms. The number of hydrogen-bond acceptors (Lipinski definition) is 5. The molecule has 3 N–H and O–H groups in total. The van der Waals surface area contributed by atoms with E-state index in [2.05, 4.69) is 5.32 Å². The molecule has 1 saturated heterocycles. The van der Waals surface area contributed by atoms with Gasteiger partial charge in [-0.2, -0.15) is 11.8 Å². The number of thioether (sulfide) groups is 1. The predicted molar refractivity (Wildman–Crippen MR) is 79.0 cm³/mol. The highest BCUT2D eigenvalue weighted by atomic mass is 32.2. The Bertz CT molecular complexity index is 363. The number of rotatable bonds is 7. The highest BCUT2D eigenvalue weighted by Gasteiger charge is 2.35. The maximum absolute atomic E-state index is 12.2. The number of carbonyl (C=O) groups excluding carboxylic acids is 3. The summed E-state index contributed by atoms with van der Waals surface area (Å²) in [6.45, 7) is 2.15. The van der Waals surface area contributed by atoms with Crippen LogP contribution in [-0.2, 0) is 14.4 Å². The molecule has 0 aliphatic carbocycles. The third kappa shape index (κ3) is 4.49. The number of carbonyl (C=O) groups is 2. The molecule has 1 rings (SSSR count). The van der Waals surface area contributed by atoms with Crippen molar-refractivity contribution in [1.29, 1.82) is 0 Å². The van der Waals surface area contributed by atoms with E-state index in [1.165, 1.54) is 4.90 Å². The third-order valence-electron chi connectivity index (χ3n) is 3.30. The van der Waals surface area contributed by atoms with Gasteiger partial charge in [0, 0.05) is 6.54 Å². The molecule has 0 spiro atoms. The van der Waals surface area contributed by atoms with Crippen molar-refractivity contribution in [2.75, 3.05) is 18.6 Å². The monoisotopic (exact) mass is 300 g/mol. The molecule has 0 saturated carbocycles. The minimum atomic E-state index is -0.617. The Balaban J connectivity index is 2.60. The van der Waals surface area contributed by atoms with Gasteiger partial charge in [0.1, 0.15) is 6.04 Å². The molecule has 0 aromatic rings. The van der Waals surface area contributed by atoms with E-state index in [1.807, 2.05) is 12.5 Å². The van der Waals surface area contributed by atoms with Gasteiger partial charge in [-0.25, -0.2) is 0 Å². The first-order valence-electron chi connectivity index (χ1n) is 6.74. The van der Waals surface area contributed by atoms with Gasteiger partial charge in [0.15, 0.2) is 0 Å². The number of amides is 2. The van der Waals surface area contributed by atoms with Crippen molar-refractivity contribution >= 4 is 29.9 Å². The van der Waals surface area contributed by atoms with E-state index >= 15 is 0 Å². The normalized spacial score (nSPS) is 21.4. The molecule has 1 radical (unpaired) electrons. The lowest BCUT2D eigenvalue weighted by Crippen LogP contribution is -2.52. The first-order chi connectivity index (χ1) is 9.51. The van der Waals surface area contributed by atoms with E-state index in [0.717, 1.165) is 12.2 Å². The van der Waals surface area contributed by atoms with Crippen LogP contribution < -0.4 is 11.1 Å². The minimum absolute atomic E-state index is 0.224. The molecule has 2 amide bonds. The van der Waals surface area contributed by atoms with Gasteiger partial charge in [0.05, 0.1) is 12.1 Å². The summed E-state index contributed by atoms with van der Waals surface area (Å²) in [5.74, 6) is 0.261. The van der Waals surface area contributed by atoms with Gasteiger partial charge in [-0.15, -0.1) is 0 Å². The summed E-state index contributed by atoms with van der Waals surface area (Å²) < 4.78 is 0. The smallest absolute Gasteiger partial charge is 0.243 e. The van der Waals surface area contributed by atoms with Crippen LogP contribution in [-0.4, -0.2) is 59.7 Å². The van der Waals surface area contributed by atoms with E-state index < -0.39 is 18.1 Å². The van der Waals surface area contributed by atoms with Gasteiger partial charge < -0.3 is 16.0 Å². The van der Waals surface area contributed by atoms with Crippen LogP contribution in [0.4, 0.5) is 0 Å². The summed E-state index contributed by atoms with van der Waals surface area (Å²) in [5.41, 5.74) is 5.58. The molecular formula is C13H22N3O3S. The summed E-state index contributed by atoms with van der Waals surface area (Å²) in [4.78, 5) is 36.5. The Morgan fingerprint density at radius 1 is 1.55 bits per heavy atom. The van der Waals surface area contributed by atoms with Crippen LogP contribution in [0.3, 0.4) is 0 Å². The van der Waals surface area contributed by atoms with Gasteiger partial charge in [0.25, 0.3) is 0 Å². The maximum Gasteiger partial charge on any atom is 0.243 e. The quantitative estimate of drug-likeness (QED) is 0.672. The summed E-state index contributed by atoms with van der Waals surface area (Å²) in [6, 6.07) is -1.74. The Kier molecular flexibility index (Phi) is 7.01. The zero-order valence-electron chi connectivity index (χ0n) is 11.9. The van der Waals surface area contributed by atoms with E-state index in [-0.39, 0.29) is 11.8 Å². The van der Waals surface area contributed by atoms with Crippen molar-refractivity contribution < 1.29 is 14.4 Å². The minimum Gasteiger partial charge on any atom is -0.344 e. The predicted octanol–water partition coefficient (Wildman–Crippen LogP) is -0.328. The Morgan fingerprint density at radius 2 is 2.25 bits per heavy atom. The first-order valence-corrected chi connectivity index (χ1v) is 8.13. The molecule has 0 aromatic carbocycles. The van der Waals surface area contributed by atoms with E-state index in [4.69, 9.17) is 5.73 Å². The van der Waals surface area contributed by atoms with Crippen LogP contribution >= 0.6 is 11.8 Å². The van der Waals surface area contributed by atoms with Gasteiger partial charge in [-0.3, -0.25) is 14.4 Å². The van der Waals surface area contributed by atoms with Crippen LogP contribution in [0.1, 0.15) is 26.2 Å². The molecule has 113 valence electrons. The second-order valence-electron chi connectivity index (χ2n) is 4.94. The average Bonchev–Trinajstić information content (AvgIpc) is 2.91. The van der Waals surface area contributed by atoms with Gasteiger partial charge >= 0.3 is 0 Å². The summed E-state index contributed by atoms with van der Waals surface area (Å²) in [7, 11) is 0. The fourth-order valence-corrected chi connectivity index (χ4v) is 2.70. The van der Waals surface area contributed by atoms with Crippen LogP contribution in [0.25, 0.3) is 0 Å². The van der Waals surface area contributed by atoms with Gasteiger partial charge in [-0.05, 0) is 38.2 Å². The lowest BCUT2D eigenvalue weighted by Gasteiger charge is -2.26. The van der Waals surface area contributed by atoms with Crippen molar-refractivity contribution in [3.8, 4) is 0 Å². The summed E-state index contributed by atoms with van der Waals surface area (Å²) >= 11 is 1.60. The van der Waals surface area contributed by atoms with Gasteiger partial charge in [-0.1, -0.05) is 0 Å². The third-order valence-corrected chi connectivity index (χ3v) is 3.94. The molecule has 20 heavy (non-hydrogen) atoms. The van der Waals surface area contributed by atoms with Crippen LogP contribution in [0, 0.1) is 0 Å². The number of nitrogens with one attached hydrogen (secondary N) is 1. The number of hydrogen-bond donors (Lipinski definition) is 2. The lowest BCUT2D eigenvalue weighted by atomic mass is 10.1. The van der Waals surface area contributed by atoms with E-state index in [1.54, 1.807) is 18.7 Å². The topological polar surface area (TPSA) is 92.5 Å². The zero-order chi connectivity index (χ0) is 15.1. The number of nitrogens with two attached hydrogens (primary N) is 1. The van der Waals surface area contributed by atoms with E-state index in [0.29, 0.717) is 19.4 Å². The molecule has 1 aliphatic heterocycles. The second kappa shape index (κ2) is 8.26. The molecular weight excluding hydrogens is 278 g/mol. The molecule has 1 fully saturated rings. The Labute approximate surface area is 123 Å². The molecule has 3 atom stereocenters. The van der Waals surface area contributed by atoms with Gasteiger partial charge in [0.2, 0.25) is 18.1 Å². The van der Waals surface area contributed by atoms with Crippen LogP contribution in [0.5, 0.6) is 0 Å². The number of nitrogens with zero attached hydrogens (tertiary/aromatic N) is 1. The average molecular weight is 300 g/mol. The Hall–Kier alpha value is -1.08. The van der Waals surface area contributed by atoms with E-state index in [9.17, 15) is 14.4 Å². The fourth-order valence-electron chi connectivity index (χ4n) is 2.23.